The number of piperazine rings is 1. The summed E-state index contributed by atoms with van der Waals surface area (Å²) in [6.45, 7) is 7.51. The minimum absolute atomic E-state index is 0.531. The monoisotopic (exact) mass is 421 g/mol. The van der Waals surface area contributed by atoms with Crippen LogP contribution in [0.2, 0.25) is 5.02 Å². The van der Waals surface area contributed by atoms with Gasteiger partial charge in [0.25, 0.3) is 0 Å². The maximum Gasteiger partial charge on any atom is 0.194 e. The molecular formula is C20H28ClN5O3. The number of aliphatic imine (C=N–C) groups is 1. The molecule has 2 heterocycles. The van der Waals surface area contributed by atoms with Gasteiger partial charge in [0.2, 0.25) is 0 Å². The van der Waals surface area contributed by atoms with E-state index in [0.717, 1.165) is 49.9 Å². The molecule has 0 amide bonds. The van der Waals surface area contributed by atoms with Gasteiger partial charge in [-0.1, -0.05) is 16.8 Å². The van der Waals surface area contributed by atoms with Gasteiger partial charge >= 0.3 is 0 Å². The van der Waals surface area contributed by atoms with Gasteiger partial charge in [0.05, 0.1) is 24.4 Å². The van der Waals surface area contributed by atoms with Crippen molar-refractivity contribution in [3.63, 3.8) is 0 Å². The Morgan fingerprint density at radius 2 is 2.10 bits per heavy atom. The summed E-state index contributed by atoms with van der Waals surface area (Å²) < 4.78 is 15.9. The number of guanidine groups is 1. The van der Waals surface area contributed by atoms with Crippen LogP contribution in [0.5, 0.6) is 11.5 Å². The standard InChI is InChI=1S/C20H28ClN5O3/c1-4-28-19-17(21)11-15(12-18(19)27-3)13-23-20(22-2)26-8-6-25(7-9-26)14-16-5-10-29-24-16/h5,10-12H,4,6-9,13-14H2,1-3H3,(H,22,23). The lowest BCUT2D eigenvalue weighted by Gasteiger charge is -2.36. The van der Waals surface area contributed by atoms with E-state index in [-0.39, 0.29) is 0 Å². The Hall–Kier alpha value is -2.45. The van der Waals surface area contributed by atoms with Crippen molar-refractivity contribution in [2.24, 2.45) is 4.99 Å². The molecule has 1 fully saturated rings. The third-order valence-electron chi connectivity index (χ3n) is 4.79. The lowest BCUT2D eigenvalue weighted by Crippen LogP contribution is -2.52. The molecule has 8 nitrogen and oxygen atoms in total. The maximum absolute atomic E-state index is 6.37. The molecule has 0 spiro atoms. The fraction of sp³-hybridized carbons (Fsp3) is 0.500. The number of methoxy groups -OCH3 is 1. The molecule has 158 valence electrons. The van der Waals surface area contributed by atoms with Crippen molar-refractivity contribution < 1.29 is 14.0 Å². The Labute approximate surface area is 176 Å². The third-order valence-corrected chi connectivity index (χ3v) is 5.07. The SMILES string of the molecule is CCOc1c(Cl)cc(CNC(=NC)N2CCN(Cc3ccon3)CC2)cc1OC. The maximum atomic E-state index is 6.37. The van der Waals surface area contributed by atoms with E-state index < -0.39 is 0 Å². The number of nitrogens with zero attached hydrogens (tertiary/aromatic N) is 4. The molecule has 0 bridgehead atoms. The molecule has 1 aromatic heterocycles. The number of hydrogen-bond acceptors (Lipinski definition) is 6. The number of aromatic nitrogens is 1. The van der Waals surface area contributed by atoms with E-state index >= 15 is 0 Å². The van der Waals surface area contributed by atoms with Gasteiger partial charge in [0, 0.05) is 52.4 Å². The van der Waals surface area contributed by atoms with Crippen LogP contribution in [0, 0.1) is 0 Å². The zero-order chi connectivity index (χ0) is 20.6. The number of ether oxygens (including phenoxy) is 2. The van der Waals surface area contributed by atoms with Crippen LogP contribution in [0.4, 0.5) is 0 Å². The van der Waals surface area contributed by atoms with Crippen LogP contribution in [-0.4, -0.2) is 67.9 Å². The predicted molar refractivity (Wildman–Crippen MR) is 113 cm³/mol. The zero-order valence-electron chi connectivity index (χ0n) is 17.2. The van der Waals surface area contributed by atoms with E-state index in [1.807, 2.05) is 25.1 Å². The highest BCUT2D eigenvalue weighted by Gasteiger charge is 2.20. The highest BCUT2D eigenvalue weighted by molar-refractivity contribution is 6.32. The molecule has 1 saturated heterocycles. The summed E-state index contributed by atoms with van der Waals surface area (Å²) in [5.41, 5.74) is 1.96. The van der Waals surface area contributed by atoms with Gasteiger partial charge < -0.3 is 24.2 Å². The molecule has 1 N–H and O–H groups in total. The summed E-state index contributed by atoms with van der Waals surface area (Å²) in [7, 11) is 3.42. The van der Waals surface area contributed by atoms with Gasteiger partial charge in [0.15, 0.2) is 17.5 Å². The normalized spacial score (nSPS) is 15.4. The van der Waals surface area contributed by atoms with Crippen LogP contribution < -0.4 is 14.8 Å². The first-order valence-corrected chi connectivity index (χ1v) is 10.1. The van der Waals surface area contributed by atoms with Crippen molar-refractivity contribution in [1.82, 2.24) is 20.3 Å². The molecule has 2 aromatic rings. The number of rotatable bonds is 7. The molecule has 0 radical (unpaired) electrons. The van der Waals surface area contributed by atoms with E-state index in [9.17, 15) is 0 Å². The molecule has 1 aliphatic heterocycles. The van der Waals surface area contributed by atoms with Gasteiger partial charge in [0.1, 0.15) is 6.26 Å². The lowest BCUT2D eigenvalue weighted by molar-refractivity contribution is 0.169. The summed E-state index contributed by atoms with van der Waals surface area (Å²) in [5.74, 6) is 2.08. The van der Waals surface area contributed by atoms with Crippen LogP contribution in [-0.2, 0) is 13.1 Å². The van der Waals surface area contributed by atoms with E-state index in [1.165, 1.54) is 0 Å². The van der Waals surface area contributed by atoms with Gasteiger partial charge in [-0.2, -0.15) is 0 Å². The summed E-state index contributed by atoms with van der Waals surface area (Å²) in [5, 5.41) is 7.95. The first kappa shape index (κ1) is 21.3. The minimum atomic E-state index is 0.531. The molecule has 1 aromatic carbocycles. The van der Waals surface area contributed by atoms with Gasteiger partial charge in [-0.15, -0.1) is 0 Å². The molecular weight excluding hydrogens is 394 g/mol. The Morgan fingerprint density at radius 1 is 1.31 bits per heavy atom. The molecule has 3 rings (SSSR count). The molecule has 0 aliphatic carbocycles. The van der Waals surface area contributed by atoms with Crippen molar-refractivity contribution in [3.05, 3.63) is 40.7 Å². The van der Waals surface area contributed by atoms with Crippen LogP contribution >= 0.6 is 11.6 Å². The van der Waals surface area contributed by atoms with Crippen LogP contribution in [0.1, 0.15) is 18.2 Å². The van der Waals surface area contributed by atoms with Crippen molar-refractivity contribution >= 4 is 17.6 Å². The van der Waals surface area contributed by atoms with E-state index in [0.29, 0.717) is 29.7 Å². The highest BCUT2D eigenvalue weighted by Crippen LogP contribution is 2.36. The fourth-order valence-electron chi connectivity index (χ4n) is 3.34. The van der Waals surface area contributed by atoms with E-state index in [1.54, 1.807) is 20.4 Å². The van der Waals surface area contributed by atoms with Crippen molar-refractivity contribution in [2.45, 2.75) is 20.0 Å². The molecule has 29 heavy (non-hydrogen) atoms. The first-order valence-electron chi connectivity index (χ1n) is 9.71. The van der Waals surface area contributed by atoms with Crippen molar-refractivity contribution in [1.29, 1.82) is 0 Å². The zero-order valence-corrected chi connectivity index (χ0v) is 17.9. The fourth-order valence-corrected chi connectivity index (χ4v) is 3.63. The largest absolute Gasteiger partial charge is 0.493 e. The third kappa shape index (κ3) is 5.55. The second-order valence-electron chi connectivity index (χ2n) is 6.70. The Bertz CT molecular complexity index is 805. The van der Waals surface area contributed by atoms with Gasteiger partial charge in [-0.05, 0) is 24.6 Å². The number of benzene rings is 1. The second kappa shape index (κ2) is 10.4. The van der Waals surface area contributed by atoms with Crippen LogP contribution in [0.25, 0.3) is 0 Å². The molecule has 1 aliphatic rings. The van der Waals surface area contributed by atoms with Gasteiger partial charge in [-0.25, -0.2) is 0 Å². The Morgan fingerprint density at radius 3 is 2.72 bits per heavy atom. The predicted octanol–water partition coefficient (Wildman–Crippen LogP) is 2.63. The van der Waals surface area contributed by atoms with Crippen LogP contribution in [0.3, 0.4) is 0 Å². The smallest absolute Gasteiger partial charge is 0.194 e. The molecule has 0 atom stereocenters. The average Bonchev–Trinajstić information content (AvgIpc) is 3.24. The Kier molecular flexibility index (Phi) is 7.60. The van der Waals surface area contributed by atoms with E-state index in [2.05, 4.69) is 25.3 Å². The molecule has 9 heteroatoms. The molecule has 0 saturated carbocycles. The lowest BCUT2D eigenvalue weighted by atomic mass is 10.2. The van der Waals surface area contributed by atoms with Gasteiger partial charge in [-0.3, -0.25) is 9.89 Å². The number of nitrogens with one attached hydrogen (secondary N) is 1. The summed E-state index contributed by atoms with van der Waals surface area (Å²) >= 11 is 6.37. The second-order valence-corrected chi connectivity index (χ2v) is 7.10. The summed E-state index contributed by atoms with van der Waals surface area (Å²) in [6, 6.07) is 5.74. The minimum Gasteiger partial charge on any atom is -0.493 e. The molecule has 0 unspecified atom stereocenters. The number of halogens is 1. The van der Waals surface area contributed by atoms with Crippen LogP contribution in [0.15, 0.2) is 34.0 Å². The van der Waals surface area contributed by atoms with Crippen molar-refractivity contribution in [2.75, 3.05) is 46.9 Å². The first-order chi connectivity index (χ1) is 14.1. The van der Waals surface area contributed by atoms with E-state index in [4.69, 9.17) is 25.6 Å². The number of hydrogen-bond donors (Lipinski definition) is 1. The Balaban J connectivity index is 1.55. The summed E-state index contributed by atoms with van der Waals surface area (Å²) in [4.78, 5) is 9.05. The summed E-state index contributed by atoms with van der Waals surface area (Å²) in [6.07, 6.45) is 1.61. The quantitative estimate of drug-likeness (QED) is 0.544. The average molecular weight is 422 g/mol. The van der Waals surface area contributed by atoms with Crippen molar-refractivity contribution in [3.8, 4) is 11.5 Å². The highest BCUT2D eigenvalue weighted by atomic mass is 35.5. The topological polar surface area (TPSA) is 75.4 Å².